The number of ether oxygens (including phenoxy) is 2. The second-order valence-corrected chi connectivity index (χ2v) is 8.43. The number of hydrogen-bond acceptors (Lipinski definition) is 5. The van der Waals surface area contributed by atoms with E-state index in [-0.39, 0.29) is 30.6 Å². The van der Waals surface area contributed by atoms with Crippen LogP contribution in [0.2, 0.25) is 10.0 Å². The van der Waals surface area contributed by atoms with Gasteiger partial charge in [0, 0.05) is 25.6 Å². The Morgan fingerprint density at radius 3 is 2.68 bits per heavy atom. The molecule has 2 aliphatic rings. The van der Waals surface area contributed by atoms with Gasteiger partial charge in [-0.25, -0.2) is 0 Å². The predicted molar refractivity (Wildman–Crippen MR) is 118 cm³/mol. The van der Waals surface area contributed by atoms with Gasteiger partial charge in [0.05, 0.1) is 28.3 Å². The Kier molecular flexibility index (Phi) is 5.97. The summed E-state index contributed by atoms with van der Waals surface area (Å²) in [6.45, 7) is 2.38. The number of nitrogens with zero attached hydrogens (tertiary/aromatic N) is 1. The highest BCUT2D eigenvalue weighted by Gasteiger charge is 2.46. The van der Waals surface area contributed by atoms with E-state index < -0.39 is 17.7 Å². The highest BCUT2D eigenvalue weighted by atomic mass is 35.5. The van der Waals surface area contributed by atoms with Crippen LogP contribution in [0.15, 0.2) is 42.0 Å². The van der Waals surface area contributed by atoms with Crippen molar-refractivity contribution < 1.29 is 24.2 Å². The number of carbonyl (C=O) groups is 2. The fourth-order valence-corrected chi connectivity index (χ4v) is 4.36. The number of Topliss-reactive ketones (excluding diaryl/α,β-unsaturated/α-hetero) is 1. The summed E-state index contributed by atoms with van der Waals surface area (Å²) >= 11 is 12.3. The van der Waals surface area contributed by atoms with Gasteiger partial charge in [-0.3, -0.25) is 9.59 Å². The van der Waals surface area contributed by atoms with Crippen molar-refractivity contribution in [3.05, 3.63) is 68.7 Å². The quantitative estimate of drug-likeness (QED) is 0.406. The van der Waals surface area contributed by atoms with E-state index in [0.717, 1.165) is 11.3 Å². The third-order valence-electron chi connectivity index (χ3n) is 5.51. The topological polar surface area (TPSA) is 76.1 Å². The maximum atomic E-state index is 13.0. The second-order valence-electron chi connectivity index (χ2n) is 7.61. The summed E-state index contributed by atoms with van der Waals surface area (Å²) < 4.78 is 10.8. The van der Waals surface area contributed by atoms with Gasteiger partial charge in [0.15, 0.2) is 0 Å². The normalized spacial score (nSPS) is 22.0. The standard InChI is InChI=1S/C23H21Cl2NO5/c1-12-9-15-10-14(4-6-18(15)31-12)21(27)19-20(13-3-5-16(24)17(25)11-13)26(7-8-30-2)23(29)22(19)28/h3-6,10-12,20,27H,7-9H2,1-2H3. The molecule has 0 radical (unpaired) electrons. The van der Waals surface area contributed by atoms with Crippen LogP contribution in [0.1, 0.15) is 29.7 Å². The monoisotopic (exact) mass is 461 g/mol. The zero-order valence-electron chi connectivity index (χ0n) is 17.0. The zero-order valence-corrected chi connectivity index (χ0v) is 18.5. The Hall–Kier alpha value is -2.54. The number of aliphatic hydroxyl groups excluding tert-OH is 1. The Balaban J connectivity index is 1.84. The van der Waals surface area contributed by atoms with Gasteiger partial charge in [0.25, 0.3) is 11.7 Å². The molecule has 1 N–H and O–H groups in total. The van der Waals surface area contributed by atoms with Crippen molar-refractivity contribution in [2.24, 2.45) is 0 Å². The number of methoxy groups -OCH3 is 1. The summed E-state index contributed by atoms with van der Waals surface area (Å²) in [7, 11) is 1.51. The maximum Gasteiger partial charge on any atom is 0.295 e. The molecule has 8 heteroatoms. The number of rotatable bonds is 5. The van der Waals surface area contributed by atoms with Crippen molar-refractivity contribution in [1.82, 2.24) is 4.90 Å². The minimum Gasteiger partial charge on any atom is -0.507 e. The molecule has 0 bridgehead atoms. The molecule has 1 amide bonds. The van der Waals surface area contributed by atoms with Crippen molar-refractivity contribution in [2.75, 3.05) is 20.3 Å². The molecule has 2 heterocycles. The lowest BCUT2D eigenvalue weighted by atomic mass is 9.94. The maximum absolute atomic E-state index is 13.0. The first-order valence-electron chi connectivity index (χ1n) is 9.84. The molecule has 4 rings (SSSR count). The van der Waals surface area contributed by atoms with Crippen molar-refractivity contribution in [2.45, 2.75) is 25.5 Å². The molecule has 162 valence electrons. The predicted octanol–water partition coefficient (Wildman–Crippen LogP) is 4.38. The molecule has 31 heavy (non-hydrogen) atoms. The lowest BCUT2D eigenvalue weighted by molar-refractivity contribution is -0.140. The van der Waals surface area contributed by atoms with Crippen LogP contribution in [0.25, 0.3) is 5.76 Å². The number of ketones is 1. The van der Waals surface area contributed by atoms with Crippen molar-refractivity contribution in [3.63, 3.8) is 0 Å². The molecule has 0 aromatic heterocycles. The van der Waals surface area contributed by atoms with Crippen LogP contribution >= 0.6 is 23.2 Å². The lowest BCUT2D eigenvalue weighted by Crippen LogP contribution is -2.32. The Morgan fingerprint density at radius 2 is 1.97 bits per heavy atom. The number of amides is 1. The van der Waals surface area contributed by atoms with Gasteiger partial charge >= 0.3 is 0 Å². The number of aliphatic hydroxyl groups is 1. The molecule has 2 atom stereocenters. The van der Waals surface area contributed by atoms with Gasteiger partial charge < -0.3 is 19.5 Å². The largest absolute Gasteiger partial charge is 0.507 e. The zero-order chi connectivity index (χ0) is 22.3. The lowest BCUT2D eigenvalue weighted by Gasteiger charge is -2.25. The minimum absolute atomic E-state index is 0.00593. The molecule has 2 unspecified atom stereocenters. The molecule has 0 saturated carbocycles. The third kappa shape index (κ3) is 3.91. The van der Waals surface area contributed by atoms with Crippen molar-refractivity contribution in [1.29, 1.82) is 0 Å². The van der Waals surface area contributed by atoms with Gasteiger partial charge in [-0.05, 0) is 48.4 Å². The molecule has 1 fully saturated rings. The Bertz CT molecular complexity index is 1100. The van der Waals surface area contributed by atoms with Crippen LogP contribution in [0.3, 0.4) is 0 Å². The fraction of sp³-hybridized carbons (Fsp3) is 0.304. The third-order valence-corrected chi connectivity index (χ3v) is 6.24. The average molecular weight is 462 g/mol. The number of carbonyl (C=O) groups excluding carboxylic acids is 2. The highest BCUT2D eigenvalue weighted by Crippen LogP contribution is 2.41. The van der Waals surface area contributed by atoms with Crippen LogP contribution in [0.4, 0.5) is 0 Å². The molecule has 0 aliphatic carbocycles. The van der Waals surface area contributed by atoms with Crippen LogP contribution in [0.5, 0.6) is 5.75 Å². The average Bonchev–Trinajstić information content (AvgIpc) is 3.24. The van der Waals surface area contributed by atoms with E-state index in [1.54, 1.807) is 36.4 Å². The van der Waals surface area contributed by atoms with E-state index in [1.807, 2.05) is 6.92 Å². The molecule has 2 aromatic carbocycles. The van der Waals surface area contributed by atoms with Gasteiger partial charge in [0.1, 0.15) is 17.6 Å². The summed E-state index contributed by atoms with van der Waals surface area (Å²) in [6.07, 6.45) is 0.748. The molecular formula is C23H21Cl2NO5. The summed E-state index contributed by atoms with van der Waals surface area (Å²) in [6, 6.07) is 9.33. The first-order valence-corrected chi connectivity index (χ1v) is 10.6. The van der Waals surface area contributed by atoms with E-state index in [4.69, 9.17) is 32.7 Å². The molecule has 2 aromatic rings. The second kappa shape index (κ2) is 8.54. The number of halogens is 2. The van der Waals surface area contributed by atoms with Crippen molar-refractivity contribution >= 4 is 40.7 Å². The molecule has 6 nitrogen and oxygen atoms in total. The van der Waals surface area contributed by atoms with Gasteiger partial charge in [-0.2, -0.15) is 0 Å². The summed E-state index contributed by atoms with van der Waals surface area (Å²) in [5.74, 6) is -0.940. The van der Waals surface area contributed by atoms with E-state index in [0.29, 0.717) is 27.6 Å². The van der Waals surface area contributed by atoms with Gasteiger partial charge in [-0.1, -0.05) is 29.3 Å². The van der Waals surface area contributed by atoms with Crippen LogP contribution in [0, 0.1) is 0 Å². The molecule has 1 saturated heterocycles. The van der Waals surface area contributed by atoms with E-state index in [1.165, 1.54) is 12.0 Å². The summed E-state index contributed by atoms with van der Waals surface area (Å²) in [5, 5.41) is 11.8. The number of likely N-dealkylation sites (tertiary alicyclic amines) is 1. The minimum atomic E-state index is -0.812. The number of fused-ring (bicyclic) bond motifs is 1. The SMILES string of the molecule is COCCN1C(=O)C(=O)C(=C(O)c2ccc3c(c2)CC(C)O3)C1c1ccc(Cl)c(Cl)c1. The molecular weight excluding hydrogens is 441 g/mol. The van der Waals surface area contributed by atoms with E-state index >= 15 is 0 Å². The molecule has 2 aliphatic heterocycles. The first-order chi connectivity index (χ1) is 14.8. The highest BCUT2D eigenvalue weighted by molar-refractivity contribution is 6.46. The number of hydrogen-bond donors (Lipinski definition) is 1. The van der Waals surface area contributed by atoms with Crippen LogP contribution < -0.4 is 4.74 Å². The van der Waals surface area contributed by atoms with E-state index in [9.17, 15) is 14.7 Å². The summed E-state index contributed by atoms with van der Waals surface area (Å²) in [4.78, 5) is 27.2. The van der Waals surface area contributed by atoms with Crippen LogP contribution in [-0.4, -0.2) is 48.1 Å². The van der Waals surface area contributed by atoms with Crippen LogP contribution in [-0.2, 0) is 20.7 Å². The number of benzene rings is 2. The first kappa shape index (κ1) is 21.7. The molecule has 0 spiro atoms. The van der Waals surface area contributed by atoms with Gasteiger partial charge in [0.2, 0.25) is 0 Å². The van der Waals surface area contributed by atoms with Crippen molar-refractivity contribution in [3.8, 4) is 5.75 Å². The van der Waals surface area contributed by atoms with Gasteiger partial charge in [-0.15, -0.1) is 0 Å². The fourth-order valence-electron chi connectivity index (χ4n) is 4.05. The van der Waals surface area contributed by atoms with E-state index in [2.05, 4.69) is 0 Å². The Morgan fingerprint density at radius 1 is 1.19 bits per heavy atom. The smallest absolute Gasteiger partial charge is 0.295 e. The Labute approximate surface area is 190 Å². The summed E-state index contributed by atoms with van der Waals surface area (Å²) in [5.41, 5.74) is 1.97.